The van der Waals surface area contributed by atoms with Gasteiger partial charge in [0.05, 0.1) is 22.1 Å². The molecule has 0 N–H and O–H groups in total. The Hall–Kier alpha value is -8.41. The van der Waals surface area contributed by atoms with Crippen molar-refractivity contribution in [1.29, 1.82) is 0 Å². The Bertz CT molecular complexity index is 3850. The number of nitrogens with zero attached hydrogens (tertiary/aromatic N) is 5. The smallest absolute Gasteiger partial charge is 0.164 e. The number of hydrogen-bond acceptors (Lipinski definition) is 3. The Labute approximate surface area is 356 Å². The highest BCUT2D eigenvalue weighted by atomic mass is 15.0. The van der Waals surface area contributed by atoms with Gasteiger partial charge in [0.15, 0.2) is 17.5 Å². The predicted molar refractivity (Wildman–Crippen MR) is 257 cm³/mol. The van der Waals surface area contributed by atoms with Crippen molar-refractivity contribution in [1.82, 2.24) is 24.1 Å². The van der Waals surface area contributed by atoms with Gasteiger partial charge in [0, 0.05) is 49.6 Å². The molecule has 0 spiro atoms. The highest BCUT2D eigenvalue weighted by Gasteiger charge is 2.22. The molecule has 10 aromatic carbocycles. The van der Waals surface area contributed by atoms with Crippen LogP contribution in [0, 0.1) is 0 Å². The normalized spacial score (nSPS) is 11.9. The summed E-state index contributed by atoms with van der Waals surface area (Å²) < 4.78 is 4.90. The first-order valence-corrected chi connectivity index (χ1v) is 21.0. The Morgan fingerprint density at radius 1 is 0.258 bits per heavy atom. The van der Waals surface area contributed by atoms with Crippen LogP contribution in [0.15, 0.2) is 212 Å². The quantitative estimate of drug-likeness (QED) is 0.163. The van der Waals surface area contributed by atoms with Gasteiger partial charge in [-0.25, -0.2) is 15.0 Å². The number of rotatable bonds is 5. The molecule has 5 nitrogen and oxygen atoms in total. The summed E-state index contributed by atoms with van der Waals surface area (Å²) in [6.45, 7) is 0. The van der Waals surface area contributed by atoms with Crippen LogP contribution in [0.5, 0.6) is 0 Å². The molecule has 3 aromatic heterocycles. The van der Waals surface area contributed by atoms with Gasteiger partial charge in [-0.3, -0.25) is 0 Å². The molecular formula is C57H35N5. The number of fused-ring (bicyclic) bond motifs is 13. The van der Waals surface area contributed by atoms with Crippen LogP contribution in [-0.4, -0.2) is 24.1 Å². The maximum absolute atomic E-state index is 5.09. The first-order chi connectivity index (χ1) is 30.8. The lowest BCUT2D eigenvalue weighted by molar-refractivity contribution is 1.07. The number of para-hydroxylation sites is 3. The molecule has 0 aliphatic carbocycles. The summed E-state index contributed by atoms with van der Waals surface area (Å²) in [6.07, 6.45) is 0. The van der Waals surface area contributed by atoms with Crippen LogP contribution < -0.4 is 0 Å². The molecule has 13 aromatic rings. The second-order valence-corrected chi connectivity index (χ2v) is 16.0. The molecule has 13 rings (SSSR count). The Balaban J connectivity index is 1.06. The van der Waals surface area contributed by atoms with Crippen LogP contribution >= 0.6 is 0 Å². The molecule has 0 fully saturated rings. The van der Waals surface area contributed by atoms with E-state index in [9.17, 15) is 0 Å². The fraction of sp³-hybridized carbons (Fsp3) is 0. The molecule has 0 bridgehead atoms. The van der Waals surface area contributed by atoms with Gasteiger partial charge in [-0.2, -0.15) is 0 Å². The fourth-order valence-corrected chi connectivity index (χ4v) is 9.79. The number of benzene rings is 10. The van der Waals surface area contributed by atoms with Crippen LogP contribution in [-0.2, 0) is 0 Å². The second-order valence-electron chi connectivity index (χ2n) is 16.0. The molecule has 3 heterocycles. The van der Waals surface area contributed by atoms with Gasteiger partial charge in [0.1, 0.15) is 0 Å². The van der Waals surface area contributed by atoms with Crippen molar-refractivity contribution in [2.75, 3.05) is 0 Å². The zero-order valence-electron chi connectivity index (χ0n) is 33.4. The van der Waals surface area contributed by atoms with E-state index in [1.54, 1.807) is 0 Å². The maximum Gasteiger partial charge on any atom is 0.164 e. The van der Waals surface area contributed by atoms with Crippen molar-refractivity contribution in [3.63, 3.8) is 0 Å². The molecule has 0 radical (unpaired) electrons. The molecule has 0 aliphatic rings. The van der Waals surface area contributed by atoms with Crippen molar-refractivity contribution in [2.24, 2.45) is 0 Å². The van der Waals surface area contributed by atoms with E-state index in [-0.39, 0.29) is 0 Å². The average Bonchev–Trinajstić information content (AvgIpc) is 3.87. The Morgan fingerprint density at radius 2 is 0.726 bits per heavy atom. The molecule has 5 heteroatoms. The minimum Gasteiger partial charge on any atom is -0.309 e. The Morgan fingerprint density at radius 3 is 1.40 bits per heavy atom. The third-order valence-corrected chi connectivity index (χ3v) is 12.5. The lowest BCUT2D eigenvalue weighted by Gasteiger charge is -2.15. The average molecular weight is 790 g/mol. The molecule has 288 valence electrons. The minimum absolute atomic E-state index is 0.641. The van der Waals surface area contributed by atoms with E-state index in [1.165, 1.54) is 70.5 Å². The highest BCUT2D eigenvalue weighted by molar-refractivity contribution is 6.28. The van der Waals surface area contributed by atoms with Crippen LogP contribution in [0.3, 0.4) is 0 Å². The molecule has 0 amide bonds. The highest BCUT2D eigenvalue weighted by Crippen LogP contribution is 2.43. The topological polar surface area (TPSA) is 48.5 Å². The van der Waals surface area contributed by atoms with E-state index in [1.807, 2.05) is 60.7 Å². The largest absolute Gasteiger partial charge is 0.309 e. The molecule has 0 atom stereocenters. The van der Waals surface area contributed by atoms with Gasteiger partial charge >= 0.3 is 0 Å². The Kier molecular flexibility index (Phi) is 7.54. The van der Waals surface area contributed by atoms with Gasteiger partial charge in [0.25, 0.3) is 0 Å². The summed E-state index contributed by atoms with van der Waals surface area (Å²) in [5, 5.41) is 12.1. The molecule has 0 aliphatic heterocycles. The monoisotopic (exact) mass is 789 g/mol. The fourth-order valence-electron chi connectivity index (χ4n) is 9.79. The molecular weight excluding hydrogens is 755 g/mol. The molecule has 62 heavy (non-hydrogen) atoms. The zero-order valence-corrected chi connectivity index (χ0v) is 33.4. The summed E-state index contributed by atoms with van der Waals surface area (Å²) >= 11 is 0. The third-order valence-electron chi connectivity index (χ3n) is 12.5. The van der Waals surface area contributed by atoms with Crippen molar-refractivity contribution in [3.05, 3.63) is 212 Å². The van der Waals surface area contributed by atoms with E-state index < -0.39 is 0 Å². The van der Waals surface area contributed by atoms with E-state index in [0.717, 1.165) is 33.5 Å². The lowest BCUT2D eigenvalue weighted by atomic mass is 9.93. The van der Waals surface area contributed by atoms with Crippen molar-refractivity contribution >= 4 is 75.9 Å². The van der Waals surface area contributed by atoms with Gasteiger partial charge < -0.3 is 9.13 Å². The molecule has 0 unspecified atom stereocenters. The van der Waals surface area contributed by atoms with E-state index in [4.69, 9.17) is 15.0 Å². The zero-order chi connectivity index (χ0) is 40.7. The predicted octanol–water partition coefficient (Wildman–Crippen LogP) is 14.5. The minimum atomic E-state index is 0.641. The summed E-state index contributed by atoms with van der Waals surface area (Å²) in [5.41, 5.74) is 9.87. The number of aromatic nitrogens is 5. The lowest BCUT2D eigenvalue weighted by Crippen LogP contribution is -2.00. The molecule has 0 saturated carbocycles. The van der Waals surface area contributed by atoms with Gasteiger partial charge in [0.2, 0.25) is 0 Å². The summed E-state index contributed by atoms with van der Waals surface area (Å²) in [4.78, 5) is 15.1. The van der Waals surface area contributed by atoms with Crippen molar-refractivity contribution in [2.45, 2.75) is 0 Å². The summed E-state index contributed by atoms with van der Waals surface area (Å²) in [7, 11) is 0. The SMILES string of the molecule is c1ccc(-c2nc(-c3ccccc3)nc(-c3ccc4c5ccccc5c5cc(-n6c7ccccc7c7c6ccc6c8ccccc8n(-c8ccccc8)c67)ccc5c4c3)n2)cc1. The maximum atomic E-state index is 5.09. The third kappa shape index (κ3) is 5.18. The van der Waals surface area contributed by atoms with Gasteiger partial charge in [-0.05, 0) is 80.8 Å². The first-order valence-electron chi connectivity index (χ1n) is 21.0. The van der Waals surface area contributed by atoms with Gasteiger partial charge in [-0.1, -0.05) is 164 Å². The van der Waals surface area contributed by atoms with E-state index in [2.05, 4.69) is 161 Å². The first kappa shape index (κ1) is 34.5. The standard InChI is InChI=1S/C57H35N5/c1-4-16-36(17-5-1)55-58-56(37-18-6-2-7-19-37)60-57(59-55)38-28-30-43-41-22-10-11-23-42(41)49-35-40(29-31-44(49)48(43)34-38)61-51-27-15-13-25-47(51)53-52(61)33-32-46-45-24-12-14-26-50(45)62(54(46)53)39-20-8-3-9-21-39/h1-35H. The van der Waals surface area contributed by atoms with Crippen molar-refractivity contribution < 1.29 is 0 Å². The van der Waals surface area contributed by atoms with Crippen LogP contribution in [0.4, 0.5) is 0 Å². The second kappa shape index (κ2) is 13.6. The van der Waals surface area contributed by atoms with Gasteiger partial charge in [-0.15, -0.1) is 0 Å². The summed E-state index contributed by atoms with van der Waals surface area (Å²) in [5.74, 6) is 1.94. The van der Waals surface area contributed by atoms with Crippen LogP contribution in [0.2, 0.25) is 0 Å². The molecule has 0 saturated heterocycles. The van der Waals surface area contributed by atoms with Crippen LogP contribution in [0.1, 0.15) is 0 Å². The summed E-state index contributed by atoms with van der Waals surface area (Å²) in [6, 6.07) is 75.7. The number of hydrogen-bond donors (Lipinski definition) is 0. The van der Waals surface area contributed by atoms with E-state index >= 15 is 0 Å². The van der Waals surface area contributed by atoms with Crippen molar-refractivity contribution in [3.8, 4) is 45.5 Å². The van der Waals surface area contributed by atoms with Crippen LogP contribution in [0.25, 0.3) is 121 Å². The van der Waals surface area contributed by atoms with E-state index in [0.29, 0.717) is 17.5 Å².